The largest absolute Gasteiger partial charge is 0.496 e. The van der Waals surface area contributed by atoms with Gasteiger partial charge < -0.3 is 29.5 Å². The van der Waals surface area contributed by atoms with Gasteiger partial charge in [-0.2, -0.15) is 0 Å². The van der Waals surface area contributed by atoms with Crippen LogP contribution in [-0.2, 0) is 11.2 Å². The highest BCUT2D eigenvalue weighted by atomic mass is 16.5. The van der Waals surface area contributed by atoms with Crippen molar-refractivity contribution in [1.29, 1.82) is 0 Å². The van der Waals surface area contributed by atoms with Crippen LogP contribution in [0.2, 0.25) is 0 Å². The van der Waals surface area contributed by atoms with E-state index in [9.17, 15) is 15.3 Å². The Bertz CT molecular complexity index is 816. The average Bonchev–Trinajstić information content (AvgIpc) is 2.71. The van der Waals surface area contributed by atoms with Crippen LogP contribution in [0.4, 0.5) is 0 Å². The first-order chi connectivity index (χ1) is 13.4. The van der Waals surface area contributed by atoms with E-state index in [0.29, 0.717) is 24.3 Å². The maximum Gasteiger partial charge on any atom is 0.152 e. The zero-order valence-electron chi connectivity index (χ0n) is 16.0. The minimum atomic E-state index is -1.36. The van der Waals surface area contributed by atoms with Gasteiger partial charge in [0.1, 0.15) is 35.6 Å². The lowest BCUT2D eigenvalue weighted by molar-refractivity contribution is -0.157. The van der Waals surface area contributed by atoms with E-state index in [1.54, 1.807) is 19.2 Å². The molecule has 3 rings (SSSR count). The number of benzene rings is 2. The van der Waals surface area contributed by atoms with Crippen LogP contribution in [0.3, 0.4) is 0 Å². The molecule has 0 aromatic heterocycles. The Morgan fingerprint density at radius 1 is 1.04 bits per heavy atom. The Morgan fingerprint density at radius 2 is 1.75 bits per heavy atom. The van der Waals surface area contributed by atoms with Gasteiger partial charge in [0, 0.05) is 6.42 Å². The predicted octanol–water partition coefficient (Wildman–Crippen LogP) is 2.35. The molecule has 6 heteroatoms. The van der Waals surface area contributed by atoms with Gasteiger partial charge in [-0.1, -0.05) is 24.8 Å². The molecule has 150 valence electrons. The highest BCUT2D eigenvalue weighted by molar-refractivity contribution is 5.42. The van der Waals surface area contributed by atoms with Gasteiger partial charge >= 0.3 is 0 Å². The second-order valence-electron chi connectivity index (χ2n) is 6.76. The van der Waals surface area contributed by atoms with Crippen molar-refractivity contribution >= 4 is 0 Å². The summed E-state index contributed by atoms with van der Waals surface area (Å²) in [5.74, 6) is 1.56. The van der Waals surface area contributed by atoms with Crippen LogP contribution in [0.15, 0.2) is 54.8 Å². The molecule has 0 saturated carbocycles. The molecule has 2 aromatic carbocycles. The van der Waals surface area contributed by atoms with Crippen molar-refractivity contribution < 1.29 is 29.5 Å². The van der Waals surface area contributed by atoms with Crippen LogP contribution in [0, 0.1) is 0 Å². The summed E-state index contributed by atoms with van der Waals surface area (Å²) >= 11 is 0. The summed E-state index contributed by atoms with van der Waals surface area (Å²) in [5, 5.41) is 30.2. The van der Waals surface area contributed by atoms with E-state index in [1.807, 2.05) is 37.3 Å². The molecule has 3 N–H and O–H groups in total. The Labute approximate surface area is 164 Å². The molecule has 0 bridgehead atoms. The number of rotatable bonds is 6. The minimum absolute atomic E-state index is 0.0340. The smallest absolute Gasteiger partial charge is 0.152 e. The quantitative estimate of drug-likeness (QED) is 0.706. The third kappa shape index (κ3) is 4.14. The first-order valence-corrected chi connectivity index (χ1v) is 9.22. The molecule has 1 fully saturated rings. The molecular weight excluding hydrogens is 360 g/mol. The molecule has 0 radical (unpaired) electrons. The van der Waals surface area contributed by atoms with Crippen molar-refractivity contribution in [1.82, 2.24) is 0 Å². The van der Waals surface area contributed by atoms with E-state index in [2.05, 4.69) is 6.58 Å². The van der Waals surface area contributed by atoms with Gasteiger partial charge in [0.15, 0.2) is 6.10 Å². The summed E-state index contributed by atoms with van der Waals surface area (Å²) < 4.78 is 16.5. The van der Waals surface area contributed by atoms with E-state index in [0.717, 1.165) is 16.9 Å². The predicted molar refractivity (Wildman–Crippen MR) is 104 cm³/mol. The zero-order chi connectivity index (χ0) is 20.3. The van der Waals surface area contributed by atoms with E-state index in [4.69, 9.17) is 14.2 Å². The molecule has 28 heavy (non-hydrogen) atoms. The number of aliphatic hydroxyl groups excluding tert-OH is 3. The third-order valence-electron chi connectivity index (χ3n) is 4.85. The molecule has 1 aliphatic heterocycles. The Balaban J connectivity index is 1.86. The van der Waals surface area contributed by atoms with Crippen molar-refractivity contribution in [3.8, 4) is 11.5 Å². The van der Waals surface area contributed by atoms with E-state index in [1.165, 1.54) is 0 Å². The lowest BCUT2D eigenvalue weighted by Gasteiger charge is -2.37. The molecule has 0 unspecified atom stereocenters. The molecule has 1 heterocycles. The molecule has 1 saturated heterocycles. The monoisotopic (exact) mass is 386 g/mol. The van der Waals surface area contributed by atoms with Crippen LogP contribution in [-0.4, -0.2) is 47.3 Å². The summed E-state index contributed by atoms with van der Waals surface area (Å²) in [6.07, 6.45) is -4.16. The number of ether oxygens (including phenoxy) is 3. The van der Waals surface area contributed by atoms with E-state index in [-0.39, 0.29) is 5.76 Å². The first-order valence-electron chi connectivity index (χ1n) is 9.22. The topological polar surface area (TPSA) is 88.4 Å². The van der Waals surface area contributed by atoms with Crippen molar-refractivity contribution in [3.05, 3.63) is 71.5 Å². The highest BCUT2D eigenvalue weighted by Gasteiger charge is 2.41. The van der Waals surface area contributed by atoms with Crippen LogP contribution in [0.25, 0.3) is 0 Å². The second-order valence-corrected chi connectivity index (χ2v) is 6.76. The van der Waals surface area contributed by atoms with Gasteiger partial charge in [-0.05, 0) is 47.9 Å². The molecule has 0 amide bonds. The van der Waals surface area contributed by atoms with Crippen LogP contribution < -0.4 is 9.47 Å². The van der Waals surface area contributed by atoms with Crippen LogP contribution in [0.5, 0.6) is 11.5 Å². The Hall–Kier alpha value is -2.54. The summed E-state index contributed by atoms with van der Waals surface area (Å²) in [7, 11) is 1.60. The van der Waals surface area contributed by atoms with Crippen molar-refractivity contribution in [2.75, 3.05) is 13.7 Å². The van der Waals surface area contributed by atoms with Gasteiger partial charge in [-0.25, -0.2) is 0 Å². The van der Waals surface area contributed by atoms with Crippen molar-refractivity contribution in [2.24, 2.45) is 0 Å². The van der Waals surface area contributed by atoms with Gasteiger partial charge in [0.25, 0.3) is 0 Å². The zero-order valence-corrected chi connectivity index (χ0v) is 16.0. The fourth-order valence-electron chi connectivity index (χ4n) is 3.33. The Morgan fingerprint density at radius 3 is 2.39 bits per heavy atom. The van der Waals surface area contributed by atoms with E-state index >= 15 is 0 Å². The summed E-state index contributed by atoms with van der Waals surface area (Å²) in [6, 6.07) is 13.3. The Kier molecular flexibility index (Phi) is 6.24. The fraction of sp³-hybridized carbons (Fsp3) is 0.364. The molecule has 0 aliphatic carbocycles. The fourth-order valence-corrected chi connectivity index (χ4v) is 3.33. The molecular formula is C22H26O6. The number of hydrogen-bond donors (Lipinski definition) is 3. The second kappa shape index (κ2) is 8.65. The normalized spacial score (nSPS) is 24.5. The van der Waals surface area contributed by atoms with Crippen LogP contribution >= 0.6 is 0 Å². The summed E-state index contributed by atoms with van der Waals surface area (Å²) in [5.41, 5.74) is 2.65. The van der Waals surface area contributed by atoms with Gasteiger partial charge in [-0.3, -0.25) is 0 Å². The molecule has 6 nitrogen and oxygen atoms in total. The number of aliphatic hydroxyl groups is 3. The standard InChI is InChI=1S/C22H26O6/c1-4-27-17-8-5-14(6-9-17)11-16-12-15(7-10-18(16)26-3)22-21(25)20(24)19(23)13(2)28-22/h5-10,12,19-25H,2,4,11H2,1,3H3/t19-,20+,21-,22+/m1/s1. The number of methoxy groups -OCH3 is 1. The highest BCUT2D eigenvalue weighted by Crippen LogP contribution is 2.35. The molecule has 2 aromatic rings. The van der Waals surface area contributed by atoms with Crippen LogP contribution in [0.1, 0.15) is 29.7 Å². The van der Waals surface area contributed by atoms with Gasteiger partial charge in [-0.15, -0.1) is 0 Å². The lowest BCUT2D eigenvalue weighted by Crippen LogP contribution is -2.47. The summed E-state index contributed by atoms with van der Waals surface area (Å²) in [4.78, 5) is 0. The molecule has 1 aliphatic rings. The lowest BCUT2D eigenvalue weighted by atomic mass is 9.91. The summed E-state index contributed by atoms with van der Waals surface area (Å²) in [6.45, 7) is 6.18. The maximum absolute atomic E-state index is 10.3. The van der Waals surface area contributed by atoms with Gasteiger partial charge in [0.2, 0.25) is 0 Å². The average molecular weight is 386 g/mol. The molecule has 4 atom stereocenters. The number of hydrogen-bond acceptors (Lipinski definition) is 6. The SMILES string of the molecule is C=C1O[C@@H](c2ccc(OC)c(Cc3ccc(OCC)cc3)c2)[C@H](O)[C@@H](O)[C@@H]1O. The third-order valence-corrected chi connectivity index (χ3v) is 4.85. The van der Waals surface area contributed by atoms with E-state index < -0.39 is 24.4 Å². The van der Waals surface area contributed by atoms with Crippen molar-refractivity contribution in [3.63, 3.8) is 0 Å². The van der Waals surface area contributed by atoms with Crippen molar-refractivity contribution in [2.45, 2.75) is 37.8 Å². The van der Waals surface area contributed by atoms with Gasteiger partial charge in [0.05, 0.1) is 13.7 Å². The maximum atomic E-state index is 10.3. The first kappa shape index (κ1) is 20.2. The molecule has 0 spiro atoms. The minimum Gasteiger partial charge on any atom is -0.496 e.